The van der Waals surface area contributed by atoms with Crippen molar-refractivity contribution >= 4 is 11.6 Å². The highest BCUT2D eigenvalue weighted by Gasteiger charge is 2.40. The zero-order valence-corrected chi connectivity index (χ0v) is 9.18. The smallest absolute Gasteiger partial charge is 0.388 e. The van der Waals surface area contributed by atoms with Crippen molar-refractivity contribution in [2.24, 2.45) is 12.8 Å². The van der Waals surface area contributed by atoms with Crippen LogP contribution in [-0.2, 0) is 13.2 Å². The fourth-order valence-electron chi connectivity index (χ4n) is 1.33. The molecule has 0 saturated heterocycles. The molecule has 0 aromatic carbocycles. The van der Waals surface area contributed by atoms with Gasteiger partial charge in [0.25, 0.3) is 0 Å². The van der Waals surface area contributed by atoms with Gasteiger partial charge >= 0.3 is 6.18 Å². The summed E-state index contributed by atoms with van der Waals surface area (Å²) in [4.78, 5) is 0. The molecule has 0 aliphatic carbocycles. The first-order valence-electron chi connectivity index (χ1n) is 4.46. The van der Waals surface area contributed by atoms with Crippen molar-refractivity contribution in [1.29, 1.82) is 0 Å². The Labute approximate surface area is 94.8 Å². The predicted octanol–water partition coefficient (Wildman–Crippen LogP) is 1.47. The standard InChI is InChI=1S/C8H11ClF3N3O/c1-15-7(9)5(4(16)2-3-13)6(14-15)8(10,11)12/h4,16H,2-3,13H2,1H3. The van der Waals surface area contributed by atoms with Gasteiger partial charge in [0.05, 0.1) is 11.7 Å². The van der Waals surface area contributed by atoms with E-state index in [0.29, 0.717) is 0 Å². The highest BCUT2D eigenvalue weighted by atomic mass is 35.5. The van der Waals surface area contributed by atoms with Gasteiger partial charge in [-0.3, -0.25) is 4.68 Å². The number of halogens is 4. The van der Waals surface area contributed by atoms with Crippen molar-refractivity contribution < 1.29 is 18.3 Å². The first-order chi connectivity index (χ1) is 7.29. The predicted molar refractivity (Wildman–Crippen MR) is 51.9 cm³/mol. The fourth-order valence-corrected chi connectivity index (χ4v) is 1.58. The summed E-state index contributed by atoms with van der Waals surface area (Å²) in [6.45, 7) is 0.0592. The minimum atomic E-state index is -4.64. The molecule has 0 spiro atoms. The molecular formula is C8H11ClF3N3O. The maximum absolute atomic E-state index is 12.6. The second-order valence-corrected chi connectivity index (χ2v) is 3.63. The lowest BCUT2D eigenvalue weighted by Gasteiger charge is -2.11. The summed E-state index contributed by atoms with van der Waals surface area (Å²) in [7, 11) is 1.27. The summed E-state index contributed by atoms with van der Waals surface area (Å²) < 4.78 is 38.6. The number of hydrogen-bond donors (Lipinski definition) is 2. The van der Waals surface area contributed by atoms with E-state index in [9.17, 15) is 18.3 Å². The number of aryl methyl sites for hydroxylation is 1. The van der Waals surface area contributed by atoms with Crippen LogP contribution in [0.1, 0.15) is 23.8 Å². The molecular weight excluding hydrogens is 247 g/mol. The van der Waals surface area contributed by atoms with Crippen LogP contribution in [0.3, 0.4) is 0 Å². The van der Waals surface area contributed by atoms with E-state index in [1.807, 2.05) is 0 Å². The molecule has 0 fully saturated rings. The van der Waals surface area contributed by atoms with E-state index in [1.165, 1.54) is 7.05 Å². The van der Waals surface area contributed by atoms with Crippen molar-refractivity contribution in [1.82, 2.24) is 9.78 Å². The molecule has 92 valence electrons. The van der Waals surface area contributed by atoms with E-state index < -0.39 is 23.5 Å². The Morgan fingerprint density at radius 3 is 2.56 bits per heavy atom. The highest BCUT2D eigenvalue weighted by Crippen LogP contribution is 2.38. The van der Waals surface area contributed by atoms with Crippen LogP contribution in [0.15, 0.2) is 0 Å². The summed E-state index contributed by atoms with van der Waals surface area (Å²) in [5.74, 6) is 0. The second-order valence-electron chi connectivity index (χ2n) is 3.27. The van der Waals surface area contributed by atoms with Gasteiger partial charge < -0.3 is 10.8 Å². The summed E-state index contributed by atoms with van der Waals surface area (Å²) in [6, 6.07) is 0. The third-order valence-corrected chi connectivity index (χ3v) is 2.50. The maximum Gasteiger partial charge on any atom is 0.435 e. The van der Waals surface area contributed by atoms with Crippen molar-refractivity contribution in [3.8, 4) is 0 Å². The van der Waals surface area contributed by atoms with Crippen LogP contribution < -0.4 is 5.73 Å². The first kappa shape index (κ1) is 13.3. The maximum atomic E-state index is 12.6. The number of nitrogens with two attached hydrogens (primary N) is 1. The zero-order valence-electron chi connectivity index (χ0n) is 8.42. The van der Waals surface area contributed by atoms with Crippen LogP contribution in [0.5, 0.6) is 0 Å². The molecule has 4 nitrogen and oxygen atoms in total. The highest BCUT2D eigenvalue weighted by molar-refractivity contribution is 6.30. The van der Waals surface area contributed by atoms with E-state index in [4.69, 9.17) is 17.3 Å². The molecule has 8 heteroatoms. The molecule has 0 aliphatic heterocycles. The Hall–Kier alpha value is -0.790. The lowest BCUT2D eigenvalue weighted by atomic mass is 10.1. The molecule has 1 aromatic rings. The van der Waals surface area contributed by atoms with Gasteiger partial charge in [-0.15, -0.1) is 0 Å². The van der Waals surface area contributed by atoms with Crippen LogP contribution >= 0.6 is 11.6 Å². The number of hydrogen-bond acceptors (Lipinski definition) is 3. The van der Waals surface area contributed by atoms with Crippen molar-refractivity contribution in [3.63, 3.8) is 0 Å². The number of aliphatic hydroxyl groups excluding tert-OH is 1. The molecule has 1 atom stereocenters. The van der Waals surface area contributed by atoms with Gasteiger partial charge in [-0.2, -0.15) is 18.3 Å². The van der Waals surface area contributed by atoms with Gasteiger partial charge in [-0.1, -0.05) is 11.6 Å². The van der Waals surface area contributed by atoms with Crippen LogP contribution in [0.2, 0.25) is 5.15 Å². The normalized spacial score (nSPS) is 14.2. The Morgan fingerprint density at radius 1 is 1.56 bits per heavy atom. The molecule has 1 unspecified atom stereocenters. The van der Waals surface area contributed by atoms with Gasteiger partial charge in [0.2, 0.25) is 0 Å². The number of nitrogens with zero attached hydrogens (tertiary/aromatic N) is 2. The molecule has 1 rings (SSSR count). The molecule has 0 aliphatic rings. The Morgan fingerprint density at radius 2 is 2.12 bits per heavy atom. The number of aromatic nitrogens is 2. The summed E-state index contributed by atoms with van der Waals surface area (Å²) in [5, 5.41) is 12.6. The second kappa shape index (κ2) is 4.60. The largest absolute Gasteiger partial charge is 0.435 e. The lowest BCUT2D eigenvalue weighted by Crippen LogP contribution is -2.14. The molecule has 0 amide bonds. The fraction of sp³-hybridized carbons (Fsp3) is 0.625. The number of alkyl halides is 3. The average Bonchev–Trinajstić information content (AvgIpc) is 2.43. The molecule has 0 bridgehead atoms. The number of rotatable bonds is 3. The van der Waals surface area contributed by atoms with Crippen LogP contribution in [0, 0.1) is 0 Å². The Bertz CT molecular complexity index is 377. The van der Waals surface area contributed by atoms with Crippen molar-refractivity contribution in [3.05, 3.63) is 16.4 Å². The minimum Gasteiger partial charge on any atom is -0.388 e. The van der Waals surface area contributed by atoms with Crippen LogP contribution in [0.4, 0.5) is 13.2 Å². The van der Waals surface area contributed by atoms with Gasteiger partial charge in [0.1, 0.15) is 5.15 Å². The van der Waals surface area contributed by atoms with Gasteiger partial charge in [-0.05, 0) is 13.0 Å². The summed E-state index contributed by atoms with van der Waals surface area (Å²) in [6.07, 6.45) is -6.01. The topological polar surface area (TPSA) is 64.1 Å². The van der Waals surface area contributed by atoms with Gasteiger partial charge in [0, 0.05) is 7.05 Å². The molecule has 1 heterocycles. The number of aliphatic hydroxyl groups is 1. The van der Waals surface area contributed by atoms with E-state index >= 15 is 0 Å². The summed E-state index contributed by atoms with van der Waals surface area (Å²) >= 11 is 5.65. The zero-order chi connectivity index (χ0) is 12.5. The SMILES string of the molecule is Cn1nc(C(F)(F)F)c(C(O)CCN)c1Cl. The first-order valence-corrected chi connectivity index (χ1v) is 4.84. The molecule has 3 N–H and O–H groups in total. The van der Waals surface area contributed by atoms with E-state index in [2.05, 4.69) is 5.10 Å². The molecule has 0 saturated carbocycles. The Kier molecular flexibility index (Phi) is 3.82. The van der Waals surface area contributed by atoms with Crippen LogP contribution in [0.25, 0.3) is 0 Å². The van der Waals surface area contributed by atoms with E-state index in [-0.39, 0.29) is 18.1 Å². The molecule has 1 aromatic heterocycles. The molecule has 16 heavy (non-hydrogen) atoms. The van der Waals surface area contributed by atoms with Crippen LogP contribution in [-0.4, -0.2) is 21.4 Å². The third kappa shape index (κ3) is 2.47. The van der Waals surface area contributed by atoms with E-state index in [0.717, 1.165) is 4.68 Å². The van der Waals surface area contributed by atoms with Gasteiger partial charge in [-0.25, -0.2) is 0 Å². The lowest BCUT2D eigenvalue weighted by molar-refractivity contribution is -0.143. The van der Waals surface area contributed by atoms with Crippen molar-refractivity contribution in [2.75, 3.05) is 6.54 Å². The molecule has 0 radical (unpaired) electrons. The quantitative estimate of drug-likeness (QED) is 0.862. The summed E-state index contributed by atoms with van der Waals surface area (Å²) in [5.41, 5.74) is 3.59. The average molecular weight is 258 g/mol. The third-order valence-electron chi connectivity index (χ3n) is 2.05. The van der Waals surface area contributed by atoms with E-state index in [1.54, 1.807) is 0 Å². The minimum absolute atomic E-state index is 0.00546. The van der Waals surface area contributed by atoms with Gasteiger partial charge in [0.15, 0.2) is 5.69 Å². The van der Waals surface area contributed by atoms with Crippen molar-refractivity contribution in [2.45, 2.75) is 18.7 Å². The Balaban J connectivity index is 3.24. The monoisotopic (exact) mass is 257 g/mol.